The summed E-state index contributed by atoms with van der Waals surface area (Å²) in [6, 6.07) is 0. The van der Waals surface area contributed by atoms with E-state index < -0.39 is 23.7 Å². The van der Waals surface area contributed by atoms with Crippen LogP contribution in [0, 0.1) is 0 Å². The summed E-state index contributed by atoms with van der Waals surface area (Å²) in [5, 5.41) is 6.30. The van der Waals surface area contributed by atoms with E-state index in [-0.39, 0.29) is 11.4 Å². The number of nitrogens with one attached hydrogen (secondary N) is 1. The predicted molar refractivity (Wildman–Crippen MR) is 85.1 cm³/mol. The predicted octanol–water partition coefficient (Wildman–Crippen LogP) is -2.44. The Kier molecular flexibility index (Phi) is 5.57. The number of hydrogen-bond donors (Lipinski definition) is 4. The van der Waals surface area contributed by atoms with E-state index in [9.17, 15) is 9.59 Å². The van der Waals surface area contributed by atoms with Crippen molar-refractivity contribution in [3.63, 3.8) is 0 Å². The van der Waals surface area contributed by atoms with Crippen LogP contribution in [0.4, 0.5) is 0 Å². The average Bonchev–Trinajstić information content (AvgIpc) is 2.62. The minimum atomic E-state index is -0.779. The molecular formula is C12H13N11O2. The summed E-state index contributed by atoms with van der Waals surface area (Å²) >= 11 is 0. The van der Waals surface area contributed by atoms with Gasteiger partial charge >= 0.3 is 0 Å². The van der Waals surface area contributed by atoms with Gasteiger partial charge in [0.05, 0.1) is 12.4 Å². The van der Waals surface area contributed by atoms with Crippen LogP contribution in [0.25, 0.3) is 0 Å². The Morgan fingerprint density at radius 2 is 1.60 bits per heavy atom. The summed E-state index contributed by atoms with van der Waals surface area (Å²) in [5.41, 5.74) is 11.0. The van der Waals surface area contributed by atoms with E-state index in [1.807, 2.05) is 0 Å². The molecule has 0 fully saturated rings. The van der Waals surface area contributed by atoms with Crippen LogP contribution in [-0.4, -0.2) is 48.8 Å². The standard InChI is InChI=1S/C12H13N11O2/c13-11(20-9(24)7-5-16-1-3-18-7)22-23(15)12(14)21-10(25)8-6-17-2-4-19-8/h1-6H,15H2,(H2,14,21,25)(H3,13,20,22,24). The molecule has 2 aromatic rings. The quantitative estimate of drug-likeness (QED) is 0.200. The number of aliphatic imine (C=N–C) groups is 1. The second-order valence-corrected chi connectivity index (χ2v) is 4.24. The van der Waals surface area contributed by atoms with Crippen molar-refractivity contribution in [3.05, 3.63) is 48.6 Å². The molecule has 2 aromatic heterocycles. The van der Waals surface area contributed by atoms with Gasteiger partial charge < -0.3 is 11.5 Å². The van der Waals surface area contributed by atoms with E-state index in [2.05, 4.69) is 35.3 Å². The number of amides is 2. The molecule has 13 nitrogen and oxygen atoms in total. The topological polar surface area (TPSA) is 204 Å². The summed E-state index contributed by atoms with van der Waals surface area (Å²) in [6.45, 7) is 0. The molecular weight excluding hydrogens is 330 g/mol. The molecule has 7 N–H and O–H groups in total. The second-order valence-electron chi connectivity index (χ2n) is 4.24. The van der Waals surface area contributed by atoms with E-state index in [4.69, 9.17) is 17.3 Å². The van der Waals surface area contributed by atoms with E-state index in [1.54, 1.807) is 0 Å². The van der Waals surface area contributed by atoms with Gasteiger partial charge in [0.25, 0.3) is 11.8 Å². The highest BCUT2D eigenvalue weighted by Gasteiger charge is 2.12. The van der Waals surface area contributed by atoms with E-state index >= 15 is 0 Å². The van der Waals surface area contributed by atoms with Gasteiger partial charge in [-0.3, -0.25) is 24.9 Å². The summed E-state index contributed by atoms with van der Waals surface area (Å²) in [6.07, 6.45) is 7.89. The minimum Gasteiger partial charge on any atom is -0.368 e. The maximum absolute atomic E-state index is 11.8. The molecule has 0 saturated carbocycles. The molecule has 0 aromatic carbocycles. The fraction of sp³-hybridized carbons (Fsp3) is 0. The van der Waals surface area contributed by atoms with Crippen LogP contribution in [0.5, 0.6) is 0 Å². The number of guanidine groups is 2. The molecule has 0 aliphatic carbocycles. The van der Waals surface area contributed by atoms with Gasteiger partial charge in [-0.25, -0.2) is 15.8 Å². The highest BCUT2D eigenvalue weighted by atomic mass is 16.2. The number of hydrazine groups is 1. The first-order valence-electron chi connectivity index (χ1n) is 6.58. The zero-order chi connectivity index (χ0) is 18.2. The molecule has 0 aliphatic heterocycles. The third-order valence-electron chi connectivity index (χ3n) is 2.49. The first kappa shape index (κ1) is 17.4. The zero-order valence-corrected chi connectivity index (χ0v) is 12.6. The van der Waals surface area contributed by atoms with Crippen molar-refractivity contribution in [2.45, 2.75) is 0 Å². The van der Waals surface area contributed by atoms with Gasteiger partial charge in [-0.2, -0.15) is 10.1 Å². The lowest BCUT2D eigenvalue weighted by molar-refractivity contribution is 0.0967. The Morgan fingerprint density at radius 3 is 2.16 bits per heavy atom. The molecule has 128 valence electrons. The molecule has 0 bridgehead atoms. The lowest BCUT2D eigenvalue weighted by Crippen LogP contribution is -2.45. The average molecular weight is 343 g/mol. The Morgan fingerprint density at radius 1 is 1.00 bits per heavy atom. The molecule has 2 heterocycles. The molecule has 0 radical (unpaired) electrons. The van der Waals surface area contributed by atoms with Crippen molar-refractivity contribution < 1.29 is 9.59 Å². The maximum Gasteiger partial charge on any atom is 0.300 e. The molecule has 2 rings (SSSR count). The summed E-state index contributed by atoms with van der Waals surface area (Å²) < 4.78 is 0. The lowest BCUT2D eigenvalue weighted by Gasteiger charge is -2.12. The number of hydrazone groups is 1. The number of carbonyl (C=O) groups excluding carboxylic acids is 2. The van der Waals surface area contributed by atoms with Gasteiger partial charge in [-0.05, 0) is 0 Å². The largest absolute Gasteiger partial charge is 0.368 e. The Hall–Kier alpha value is -4.00. The van der Waals surface area contributed by atoms with E-state index in [0.29, 0.717) is 5.12 Å². The molecule has 13 heteroatoms. The molecule has 0 aliphatic rings. The van der Waals surface area contributed by atoms with Crippen LogP contribution in [0.15, 0.2) is 47.3 Å². The summed E-state index contributed by atoms with van der Waals surface area (Å²) in [4.78, 5) is 42.1. The van der Waals surface area contributed by atoms with Crippen LogP contribution < -0.4 is 22.6 Å². The number of rotatable bonds is 3. The van der Waals surface area contributed by atoms with Crippen LogP contribution in [0.2, 0.25) is 0 Å². The van der Waals surface area contributed by atoms with Gasteiger partial charge in [0, 0.05) is 24.8 Å². The second kappa shape index (κ2) is 8.02. The molecule has 25 heavy (non-hydrogen) atoms. The number of hydrogen-bond acceptors (Lipinski definition) is 8. The van der Waals surface area contributed by atoms with E-state index in [0.717, 1.165) is 0 Å². The minimum absolute atomic E-state index is 0.0173. The zero-order valence-electron chi connectivity index (χ0n) is 12.6. The summed E-state index contributed by atoms with van der Waals surface area (Å²) in [7, 11) is 0. The van der Waals surface area contributed by atoms with Crippen LogP contribution >= 0.6 is 0 Å². The molecule has 2 amide bonds. The molecule has 0 saturated heterocycles. The van der Waals surface area contributed by atoms with Gasteiger partial charge in [-0.15, -0.1) is 5.10 Å². The van der Waals surface area contributed by atoms with Crippen molar-refractivity contribution in [1.82, 2.24) is 30.4 Å². The molecule has 0 unspecified atom stereocenters. The highest BCUT2D eigenvalue weighted by molar-refractivity contribution is 6.04. The summed E-state index contributed by atoms with van der Waals surface area (Å²) in [5.74, 6) is 3.18. The number of aromatic nitrogens is 4. The fourth-order valence-corrected chi connectivity index (χ4v) is 1.41. The monoisotopic (exact) mass is 343 g/mol. The number of nitrogens with two attached hydrogens (primary N) is 3. The third kappa shape index (κ3) is 5.00. The van der Waals surface area contributed by atoms with Crippen LogP contribution in [0.1, 0.15) is 21.0 Å². The first-order valence-corrected chi connectivity index (χ1v) is 6.58. The third-order valence-corrected chi connectivity index (χ3v) is 2.49. The smallest absolute Gasteiger partial charge is 0.300 e. The van der Waals surface area contributed by atoms with Crippen LogP contribution in [-0.2, 0) is 0 Å². The van der Waals surface area contributed by atoms with E-state index in [1.165, 1.54) is 37.2 Å². The maximum atomic E-state index is 11.8. The molecule has 0 spiro atoms. The highest BCUT2D eigenvalue weighted by Crippen LogP contribution is 1.95. The number of carbonyl (C=O) groups is 2. The van der Waals surface area contributed by atoms with Gasteiger partial charge in [0.15, 0.2) is 0 Å². The Labute approximate surface area is 140 Å². The van der Waals surface area contributed by atoms with Crippen molar-refractivity contribution in [2.75, 3.05) is 0 Å². The fourth-order valence-electron chi connectivity index (χ4n) is 1.41. The Balaban J connectivity index is 2.02. The van der Waals surface area contributed by atoms with Gasteiger partial charge in [-0.1, -0.05) is 0 Å². The SMILES string of the molecule is NC(=NN(N)C(N)=NC(=O)c1cnccn1)NC(=O)c1cnccn1. The van der Waals surface area contributed by atoms with Crippen molar-refractivity contribution >= 4 is 23.7 Å². The first-order chi connectivity index (χ1) is 12.0. The normalized spacial score (nSPS) is 11.7. The van der Waals surface area contributed by atoms with Crippen LogP contribution in [0.3, 0.4) is 0 Å². The Bertz CT molecular complexity index is 806. The molecule has 0 atom stereocenters. The lowest BCUT2D eigenvalue weighted by atomic mass is 10.4. The van der Waals surface area contributed by atoms with Crippen molar-refractivity contribution in [2.24, 2.45) is 27.4 Å². The van der Waals surface area contributed by atoms with Gasteiger partial charge in [0.2, 0.25) is 11.9 Å². The van der Waals surface area contributed by atoms with Gasteiger partial charge in [0.1, 0.15) is 11.4 Å². The number of nitrogens with zero attached hydrogens (tertiary/aromatic N) is 7. The van der Waals surface area contributed by atoms with Crippen molar-refractivity contribution in [1.29, 1.82) is 0 Å². The van der Waals surface area contributed by atoms with Crippen molar-refractivity contribution in [3.8, 4) is 0 Å².